The molecular formula is C17H24N4. The van der Waals surface area contributed by atoms with E-state index in [0.29, 0.717) is 18.6 Å². The van der Waals surface area contributed by atoms with Gasteiger partial charge in [0.15, 0.2) is 0 Å². The van der Waals surface area contributed by atoms with Crippen LogP contribution in [0.4, 0.5) is 0 Å². The van der Waals surface area contributed by atoms with Crippen LogP contribution in [0.5, 0.6) is 0 Å². The van der Waals surface area contributed by atoms with Crippen molar-refractivity contribution < 1.29 is 0 Å². The Labute approximate surface area is 126 Å². The van der Waals surface area contributed by atoms with Crippen molar-refractivity contribution in [2.45, 2.75) is 45.4 Å². The van der Waals surface area contributed by atoms with Gasteiger partial charge in [0.1, 0.15) is 0 Å². The molecule has 0 fully saturated rings. The summed E-state index contributed by atoms with van der Waals surface area (Å²) in [5.41, 5.74) is 9.98. The van der Waals surface area contributed by atoms with E-state index in [9.17, 15) is 0 Å². The van der Waals surface area contributed by atoms with Crippen molar-refractivity contribution in [1.29, 1.82) is 0 Å². The van der Waals surface area contributed by atoms with Crippen molar-refractivity contribution in [3.05, 3.63) is 53.3 Å². The van der Waals surface area contributed by atoms with E-state index in [4.69, 9.17) is 5.73 Å². The molecule has 3 rings (SSSR count). The minimum Gasteiger partial charge on any atom is -0.329 e. The molecule has 2 aromatic rings. The highest BCUT2D eigenvalue weighted by atomic mass is 15.3. The van der Waals surface area contributed by atoms with Crippen LogP contribution in [-0.2, 0) is 19.5 Å². The molecule has 0 spiro atoms. The van der Waals surface area contributed by atoms with Crippen LogP contribution >= 0.6 is 0 Å². The maximum atomic E-state index is 5.99. The van der Waals surface area contributed by atoms with Crippen LogP contribution in [0.15, 0.2) is 36.5 Å². The topological polar surface area (TPSA) is 47.1 Å². The highest BCUT2D eigenvalue weighted by molar-refractivity contribution is 5.30. The first kappa shape index (κ1) is 14.3. The summed E-state index contributed by atoms with van der Waals surface area (Å²) in [4.78, 5) is 2.45. The monoisotopic (exact) mass is 284 g/mol. The lowest BCUT2D eigenvalue weighted by atomic mass is 9.94. The summed E-state index contributed by atoms with van der Waals surface area (Å²) in [6.07, 6.45) is 3.10. The van der Waals surface area contributed by atoms with Gasteiger partial charge in [-0.1, -0.05) is 24.3 Å². The highest BCUT2D eigenvalue weighted by Crippen LogP contribution is 2.24. The molecule has 0 bridgehead atoms. The van der Waals surface area contributed by atoms with E-state index in [1.165, 1.54) is 11.1 Å². The Balaban J connectivity index is 1.77. The second-order valence-corrected chi connectivity index (χ2v) is 6.15. The Kier molecular flexibility index (Phi) is 4.08. The minimum atomic E-state index is 0.407. The molecular weight excluding hydrogens is 260 g/mol. The molecule has 0 saturated heterocycles. The van der Waals surface area contributed by atoms with Gasteiger partial charge < -0.3 is 5.73 Å². The third-order valence-electron chi connectivity index (χ3n) is 4.29. The second-order valence-electron chi connectivity index (χ2n) is 6.15. The molecule has 1 atom stereocenters. The summed E-state index contributed by atoms with van der Waals surface area (Å²) < 4.78 is 2.02. The molecule has 1 aromatic carbocycles. The van der Waals surface area contributed by atoms with Gasteiger partial charge in [0, 0.05) is 37.9 Å². The van der Waals surface area contributed by atoms with E-state index in [1.54, 1.807) is 0 Å². The van der Waals surface area contributed by atoms with Crippen molar-refractivity contribution in [2.75, 3.05) is 6.54 Å². The van der Waals surface area contributed by atoms with Crippen molar-refractivity contribution in [2.24, 2.45) is 5.73 Å². The van der Waals surface area contributed by atoms with Crippen LogP contribution < -0.4 is 5.73 Å². The van der Waals surface area contributed by atoms with Gasteiger partial charge in [-0.3, -0.25) is 9.58 Å². The largest absolute Gasteiger partial charge is 0.329 e. The zero-order valence-electron chi connectivity index (χ0n) is 12.9. The van der Waals surface area contributed by atoms with Gasteiger partial charge in [0.05, 0.1) is 5.69 Å². The lowest BCUT2D eigenvalue weighted by molar-refractivity contribution is 0.164. The number of rotatable bonds is 4. The maximum absolute atomic E-state index is 5.99. The second kappa shape index (κ2) is 6.00. The predicted molar refractivity (Wildman–Crippen MR) is 84.8 cm³/mol. The molecule has 2 heterocycles. The number of hydrogen-bond donors (Lipinski definition) is 1. The SMILES string of the molecule is CC(C)n1ccc(CN2Cc3ccccc3CC2CN)n1. The van der Waals surface area contributed by atoms with E-state index in [2.05, 4.69) is 60.4 Å². The van der Waals surface area contributed by atoms with Crippen molar-refractivity contribution >= 4 is 0 Å². The van der Waals surface area contributed by atoms with Crippen LogP contribution in [0.1, 0.15) is 36.7 Å². The summed E-state index contributed by atoms with van der Waals surface area (Å²) in [5.74, 6) is 0. The molecule has 112 valence electrons. The molecule has 1 aliphatic rings. The molecule has 4 heteroatoms. The molecule has 1 aromatic heterocycles. The molecule has 0 saturated carbocycles. The van der Waals surface area contributed by atoms with Gasteiger partial charge in [-0.05, 0) is 37.5 Å². The summed E-state index contributed by atoms with van der Waals surface area (Å²) >= 11 is 0. The Morgan fingerprint density at radius 3 is 2.67 bits per heavy atom. The maximum Gasteiger partial charge on any atom is 0.0765 e. The van der Waals surface area contributed by atoms with Crippen molar-refractivity contribution in [1.82, 2.24) is 14.7 Å². The lowest BCUT2D eigenvalue weighted by Gasteiger charge is -2.35. The third-order valence-corrected chi connectivity index (χ3v) is 4.29. The normalized spacial score (nSPS) is 19.0. The fourth-order valence-electron chi connectivity index (χ4n) is 3.02. The third kappa shape index (κ3) is 3.01. The van der Waals surface area contributed by atoms with E-state index in [-0.39, 0.29) is 0 Å². The first-order chi connectivity index (χ1) is 10.2. The summed E-state index contributed by atoms with van der Waals surface area (Å²) in [5, 5.41) is 4.66. The Morgan fingerprint density at radius 1 is 1.24 bits per heavy atom. The Morgan fingerprint density at radius 2 is 2.00 bits per heavy atom. The molecule has 1 aliphatic heterocycles. The molecule has 4 nitrogen and oxygen atoms in total. The molecule has 0 aliphatic carbocycles. The van der Waals surface area contributed by atoms with E-state index in [1.807, 2.05) is 4.68 Å². The minimum absolute atomic E-state index is 0.407. The smallest absolute Gasteiger partial charge is 0.0765 e. The van der Waals surface area contributed by atoms with Crippen molar-refractivity contribution in [3.63, 3.8) is 0 Å². The Bertz CT molecular complexity index is 602. The van der Waals surface area contributed by atoms with Crippen LogP contribution in [0.2, 0.25) is 0 Å². The summed E-state index contributed by atoms with van der Waals surface area (Å²) in [7, 11) is 0. The fourth-order valence-corrected chi connectivity index (χ4v) is 3.02. The van der Waals surface area contributed by atoms with Crippen LogP contribution in [0.3, 0.4) is 0 Å². The average Bonchev–Trinajstić information content (AvgIpc) is 2.95. The standard InChI is InChI=1S/C17H24N4/c1-13(2)21-8-7-16(19-21)12-20-11-15-6-4-3-5-14(15)9-17(20)10-18/h3-8,13,17H,9-12,18H2,1-2H3. The predicted octanol–water partition coefficient (Wildman–Crippen LogP) is 2.35. The van der Waals surface area contributed by atoms with Crippen LogP contribution in [-0.4, -0.2) is 27.3 Å². The quantitative estimate of drug-likeness (QED) is 0.937. The highest BCUT2D eigenvalue weighted by Gasteiger charge is 2.25. The number of hydrogen-bond acceptors (Lipinski definition) is 3. The molecule has 2 N–H and O–H groups in total. The van der Waals surface area contributed by atoms with Crippen LogP contribution in [0, 0.1) is 0 Å². The average molecular weight is 284 g/mol. The zero-order valence-corrected chi connectivity index (χ0v) is 12.9. The number of nitrogens with zero attached hydrogens (tertiary/aromatic N) is 3. The molecule has 1 unspecified atom stereocenters. The van der Waals surface area contributed by atoms with Crippen LogP contribution in [0.25, 0.3) is 0 Å². The number of fused-ring (bicyclic) bond motifs is 1. The van der Waals surface area contributed by atoms with Gasteiger partial charge in [-0.2, -0.15) is 5.10 Å². The van der Waals surface area contributed by atoms with Crippen molar-refractivity contribution in [3.8, 4) is 0 Å². The number of nitrogens with two attached hydrogens (primary N) is 1. The van der Waals surface area contributed by atoms with Gasteiger partial charge in [-0.25, -0.2) is 0 Å². The van der Waals surface area contributed by atoms with Gasteiger partial charge >= 0.3 is 0 Å². The number of benzene rings is 1. The zero-order chi connectivity index (χ0) is 14.8. The van der Waals surface area contributed by atoms with Gasteiger partial charge in [0.25, 0.3) is 0 Å². The lowest BCUT2D eigenvalue weighted by Crippen LogP contribution is -2.44. The Hall–Kier alpha value is -1.65. The van der Waals surface area contributed by atoms with E-state index < -0.39 is 0 Å². The molecule has 0 amide bonds. The molecule has 0 radical (unpaired) electrons. The number of aromatic nitrogens is 2. The fraction of sp³-hybridized carbons (Fsp3) is 0.471. The first-order valence-corrected chi connectivity index (χ1v) is 7.72. The van der Waals surface area contributed by atoms with Gasteiger partial charge in [0.2, 0.25) is 0 Å². The van der Waals surface area contributed by atoms with E-state index >= 15 is 0 Å². The van der Waals surface area contributed by atoms with E-state index in [0.717, 1.165) is 25.2 Å². The summed E-state index contributed by atoms with van der Waals surface area (Å²) in [6.45, 7) is 6.83. The van der Waals surface area contributed by atoms with Gasteiger partial charge in [-0.15, -0.1) is 0 Å². The summed E-state index contributed by atoms with van der Waals surface area (Å²) in [6, 6.07) is 11.6. The first-order valence-electron chi connectivity index (χ1n) is 7.72. The molecule has 21 heavy (non-hydrogen) atoms.